The molecule has 1 fully saturated rings. The van der Waals surface area contributed by atoms with Crippen LogP contribution in [0.25, 0.3) is 0 Å². The Morgan fingerprint density at radius 1 is 1.20 bits per heavy atom. The van der Waals surface area contributed by atoms with E-state index in [0.717, 1.165) is 26.3 Å². The maximum atomic E-state index is 5.78. The molecule has 0 aromatic heterocycles. The van der Waals surface area contributed by atoms with E-state index >= 15 is 0 Å². The zero-order valence-electron chi connectivity index (χ0n) is 10.2. The van der Waals surface area contributed by atoms with Crippen molar-refractivity contribution in [2.45, 2.75) is 25.7 Å². The quantitative estimate of drug-likeness (QED) is 0.678. The molecule has 1 aliphatic rings. The summed E-state index contributed by atoms with van der Waals surface area (Å²) in [6.45, 7) is 3.61. The van der Waals surface area contributed by atoms with E-state index in [4.69, 9.17) is 10.5 Å². The second-order valence-corrected chi connectivity index (χ2v) is 4.92. The molecular weight excluding hydrogens is 188 g/mol. The molecule has 1 saturated carbocycles. The van der Waals surface area contributed by atoms with Crippen molar-refractivity contribution < 1.29 is 4.74 Å². The third kappa shape index (κ3) is 4.96. The summed E-state index contributed by atoms with van der Waals surface area (Å²) >= 11 is 0. The van der Waals surface area contributed by atoms with Crippen LogP contribution < -0.4 is 5.73 Å². The van der Waals surface area contributed by atoms with Gasteiger partial charge >= 0.3 is 0 Å². The van der Waals surface area contributed by atoms with Crippen LogP contribution in [0, 0.1) is 11.8 Å². The van der Waals surface area contributed by atoms with Gasteiger partial charge in [-0.25, -0.2) is 0 Å². The highest BCUT2D eigenvalue weighted by atomic mass is 16.5. The molecule has 0 heterocycles. The molecule has 0 aliphatic heterocycles. The van der Waals surface area contributed by atoms with Crippen LogP contribution in [-0.4, -0.2) is 45.3 Å². The number of hydrogen-bond acceptors (Lipinski definition) is 3. The van der Waals surface area contributed by atoms with E-state index in [-0.39, 0.29) is 0 Å². The molecule has 2 atom stereocenters. The first-order chi connectivity index (χ1) is 7.24. The first kappa shape index (κ1) is 12.9. The summed E-state index contributed by atoms with van der Waals surface area (Å²) in [4.78, 5) is 2.15. The summed E-state index contributed by atoms with van der Waals surface area (Å²) in [7, 11) is 4.15. The standard InChI is InChI=1S/C12H26N2O/c1-14(2)7-8-15-10-12-6-4-3-5-11(12)9-13/h11-12H,3-10,13H2,1-2H3. The maximum Gasteiger partial charge on any atom is 0.0593 e. The molecule has 90 valence electrons. The molecule has 2 N–H and O–H groups in total. The molecule has 0 amide bonds. The molecule has 0 aromatic carbocycles. The van der Waals surface area contributed by atoms with Crippen LogP contribution in [0.1, 0.15) is 25.7 Å². The van der Waals surface area contributed by atoms with Gasteiger partial charge in [-0.3, -0.25) is 0 Å². The summed E-state index contributed by atoms with van der Waals surface area (Å²) < 4.78 is 5.72. The average Bonchev–Trinajstić information content (AvgIpc) is 2.24. The second kappa shape index (κ2) is 7.20. The van der Waals surface area contributed by atoms with E-state index in [9.17, 15) is 0 Å². The average molecular weight is 214 g/mol. The Morgan fingerprint density at radius 2 is 1.87 bits per heavy atom. The molecule has 3 nitrogen and oxygen atoms in total. The van der Waals surface area contributed by atoms with Gasteiger partial charge in [0.15, 0.2) is 0 Å². The smallest absolute Gasteiger partial charge is 0.0593 e. The molecule has 0 radical (unpaired) electrons. The molecular formula is C12H26N2O. The van der Waals surface area contributed by atoms with Gasteiger partial charge in [0, 0.05) is 13.2 Å². The topological polar surface area (TPSA) is 38.5 Å². The van der Waals surface area contributed by atoms with Crippen molar-refractivity contribution in [2.75, 3.05) is 40.4 Å². The molecule has 15 heavy (non-hydrogen) atoms. The highest BCUT2D eigenvalue weighted by Crippen LogP contribution is 2.29. The van der Waals surface area contributed by atoms with E-state index < -0.39 is 0 Å². The number of rotatable bonds is 6. The number of nitrogens with zero attached hydrogens (tertiary/aromatic N) is 1. The van der Waals surface area contributed by atoms with Crippen LogP contribution in [0.15, 0.2) is 0 Å². The van der Waals surface area contributed by atoms with E-state index in [1.54, 1.807) is 0 Å². The SMILES string of the molecule is CN(C)CCOCC1CCCCC1CN. The molecule has 2 unspecified atom stereocenters. The van der Waals surface area contributed by atoms with E-state index in [2.05, 4.69) is 19.0 Å². The van der Waals surface area contributed by atoms with Gasteiger partial charge in [-0.05, 0) is 45.3 Å². The largest absolute Gasteiger partial charge is 0.380 e. The van der Waals surface area contributed by atoms with Crippen LogP contribution in [0.3, 0.4) is 0 Å². The number of nitrogens with two attached hydrogens (primary N) is 1. The number of ether oxygens (including phenoxy) is 1. The van der Waals surface area contributed by atoms with Crippen molar-refractivity contribution in [3.05, 3.63) is 0 Å². The van der Waals surface area contributed by atoms with Gasteiger partial charge in [-0.1, -0.05) is 12.8 Å². The summed E-state index contributed by atoms with van der Waals surface area (Å²) in [5.41, 5.74) is 5.78. The lowest BCUT2D eigenvalue weighted by Crippen LogP contribution is -2.30. The summed E-state index contributed by atoms with van der Waals surface area (Å²) in [6.07, 6.45) is 5.33. The Bertz CT molecular complexity index is 162. The van der Waals surface area contributed by atoms with E-state index in [0.29, 0.717) is 11.8 Å². The Balaban J connectivity index is 2.12. The fourth-order valence-electron chi connectivity index (χ4n) is 2.30. The minimum Gasteiger partial charge on any atom is -0.380 e. The minimum absolute atomic E-state index is 0.707. The van der Waals surface area contributed by atoms with Crippen LogP contribution in [-0.2, 0) is 4.74 Å². The van der Waals surface area contributed by atoms with Gasteiger partial charge in [0.05, 0.1) is 6.61 Å². The van der Waals surface area contributed by atoms with E-state index in [1.807, 2.05) is 0 Å². The second-order valence-electron chi connectivity index (χ2n) is 4.92. The fraction of sp³-hybridized carbons (Fsp3) is 1.00. The van der Waals surface area contributed by atoms with Gasteiger partial charge in [-0.2, -0.15) is 0 Å². The minimum atomic E-state index is 0.707. The van der Waals surface area contributed by atoms with Crippen molar-refractivity contribution in [1.29, 1.82) is 0 Å². The normalized spacial score (nSPS) is 27.2. The summed E-state index contributed by atoms with van der Waals surface area (Å²) in [5.74, 6) is 1.42. The predicted octanol–water partition coefficient (Wildman–Crippen LogP) is 1.33. The molecule has 0 spiro atoms. The lowest BCUT2D eigenvalue weighted by Gasteiger charge is -2.30. The first-order valence-corrected chi connectivity index (χ1v) is 6.16. The van der Waals surface area contributed by atoms with Gasteiger partial charge in [0.2, 0.25) is 0 Å². The zero-order valence-corrected chi connectivity index (χ0v) is 10.2. The lowest BCUT2D eigenvalue weighted by molar-refractivity contribution is 0.0536. The Hall–Kier alpha value is -0.120. The van der Waals surface area contributed by atoms with Gasteiger partial charge in [0.25, 0.3) is 0 Å². The Labute approximate surface area is 94.0 Å². The first-order valence-electron chi connectivity index (χ1n) is 6.16. The summed E-state index contributed by atoms with van der Waals surface area (Å²) in [6, 6.07) is 0. The van der Waals surface area contributed by atoms with Gasteiger partial charge in [-0.15, -0.1) is 0 Å². The fourth-order valence-corrected chi connectivity index (χ4v) is 2.30. The van der Waals surface area contributed by atoms with Crippen molar-refractivity contribution in [3.8, 4) is 0 Å². The Kier molecular flexibility index (Phi) is 6.22. The van der Waals surface area contributed by atoms with Crippen LogP contribution in [0.2, 0.25) is 0 Å². The van der Waals surface area contributed by atoms with Crippen LogP contribution in [0.5, 0.6) is 0 Å². The molecule has 0 bridgehead atoms. The van der Waals surface area contributed by atoms with Gasteiger partial charge in [0.1, 0.15) is 0 Å². The van der Waals surface area contributed by atoms with Crippen molar-refractivity contribution in [2.24, 2.45) is 17.6 Å². The number of hydrogen-bond donors (Lipinski definition) is 1. The number of likely N-dealkylation sites (N-methyl/N-ethyl adjacent to an activating group) is 1. The van der Waals surface area contributed by atoms with E-state index in [1.165, 1.54) is 25.7 Å². The van der Waals surface area contributed by atoms with Crippen LogP contribution >= 0.6 is 0 Å². The van der Waals surface area contributed by atoms with Crippen molar-refractivity contribution in [1.82, 2.24) is 4.90 Å². The Morgan fingerprint density at radius 3 is 2.47 bits per heavy atom. The molecule has 1 aliphatic carbocycles. The third-order valence-corrected chi connectivity index (χ3v) is 3.38. The van der Waals surface area contributed by atoms with Crippen LogP contribution in [0.4, 0.5) is 0 Å². The molecule has 3 heteroatoms. The third-order valence-electron chi connectivity index (χ3n) is 3.38. The summed E-state index contributed by atoms with van der Waals surface area (Å²) in [5, 5.41) is 0. The molecule has 0 aromatic rings. The zero-order chi connectivity index (χ0) is 11.1. The molecule has 0 saturated heterocycles. The highest BCUT2D eigenvalue weighted by molar-refractivity contribution is 4.75. The monoisotopic (exact) mass is 214 g/mol. The highest BCUT2D eigenvalue weighted by Gasteiger charge is 2.23. The molecule has 1 rings (SSSR count). The lowest BCUT2D eigenvalue weighted by atomic mass is 9.80. The van der Waals surface area contributed by atoms with Crippen molar-refractivity contribution >= 4 is 0 Å². The predicted molar refractivity (Wildman–Crippen MR) is 63.9 cm³/mol. The maximum absolute atomic E-state index is 5.78. The van der Waals surface area contributed by atoms with Gasteiger partial charge < -0.3 is 15.4 Å². The van der Waals surface area contributed by atoms with Crippen molar-refractivity contribution in [3.63, 3.8) is 0 Å².